The zero-order valence-corrected chi connectivity index (χ0v) is 26.9. The molecule has 0 spiro atoms. The number of thiazole rings is 1. The van der Waals surface area contributed by atoms with Gasteiger partial charge in [-0.25, -0.2) is 4.79 Å². The number of ether oxygens (including phenoxy) is 3. The molecule has 0 fully saturated rings. The van der Waals surface area contributed by atoms with Gasteiger partial charge in [0.05, 0.1) is 35.6 Å². The number of carbonyl (C=O) groups excluding carboxylic acids is 2. The minimum absolute atomic E-state index is 0.131. The molecule has 0 aliphatic heterocycles. The van der Waals surface area contributed by atoms with Crippen molar-refractivity contribution in [3.05, 3.63) is 89.6 Å². The largest absolute Gasteiger partial charge is 0.493 e. The van der Waals surface area contributed by atoms with Crippen molar-refractivity contribution in [2.24, 2.45) is 0 Å². The standard InChI is InChI=1S/C34H33N3O6S2/c1-4-41-25-16-10-7-13-21(25)19-28-32(39)37(24-15-9-11-17-26(24)42-5-2)33(45-28)23(20-35)30(38)36-31-29(34(40)43-6-3)22-14-8-12-18-27(22)44-31/h7,9-11,13,15-17,19H,4-6,8,12,14,18H2,1-3H3,(H,36,38)/b28-19-,33-23-. The van der Waals surface area contributed by atoms with E-state index in [4.69, 9.17) is 14.2 Å². The van der Waals surface area contributed by atoms with Crippen LogP contribution in [0, 0.1) is 11.3 Å². The van der Waals surface area contributed by atoms with E-state index in [1.54, 1.807) is 37.3 Å². The molecule has 2 aromatic heterocycles. The highest BCUT2D eigenvalue weighted by Gasteiger charge is 2.28. The number of amides is 1. The van der Waals surface area contributed by atoms with Crippen LogP contribution in [0.4, 0.5) is 5.00 Å². The van der Waals surface area contributed by atoms with Gasteiger partial charge >= 0.3 is 5.97 Å². The minimum atomic E-state index is -0.730. The van der Waals surface area contributed by atoms with Gasteiger partial charge in [-0.3, -0.25) is 14.2 Å². The fourth-order valence-corrected chi connectivity index (χ4v) is 7.61. The topological polar surface area (TPSA) is 120 Å². The van der Waals surface area contributed by atoms with E-state index in [2.05, 4.69) is 5.32 Å². The lowest BCUT2D eigenvalue weighted by molar-refractivity contribution is -0.111. The normalized spacial score (nSPS) is 13.4. The van der Waals surface area contributed by atoms with Crippen LogP contribution in [0.5, 0.6) is 11.5 Å². The third-order valence-electron chi connectivity index (χ3n) is 7.17. The molecule has 9 nitrogen and oxygen atoms in total. The molecule has 45 heavy (non-hydrogen) atoms. The molecule has 1 aliphatic rings. The van der Waals surface area contributed by atoms with E-state index in [1.165, 1.54) is 15.9 Å². The highest BCUT2D eigenvalue weighted by atomic mass is 32.1. The first-order valence-electron chi connectivity index (χ1n) is 14.9. The molecule has 0 radical (unpaired) electrons. The van der Waals surface area contributed by atoms with Crippen LogP contribution >= 0.6 is 22.7 Å². The van der Waals surface area contributed by atoms with E-state index in [9.17, 15) is 19.6 Å². The summed E-state index contributed by atoms with van der Waals surface area (Å²) < 4.78 is 18.7. The number of anilines is 1. The zero-order valence-electron chi connectivity index (χ0n) is 25.3. The number of nitrogens with zero attached hydrogens (tertiary/aromatic N) is 2. The number of carbonyl (C=O) groups is 2. The average Bonchev–Trinajstić information content (AvgIpc) is 3.56. The van der Waals surface area contributed by atoms with Crippen LogP contribution in [0.2, 0.25) is 0 Å². The molecular formula is C34H33N3O6S2. The summed E-state index contributed by atoms with van der Waals surface area (Å²) in [7, 11) is 0. The fourth-order valence-electron chi connectivity index (χ4n) is 5.25. The van der Waals surface area contributed by atoms with Crippen LogP contribution in [0.15, 0.2) is 53.3 Å². The smallest absolute Gasteiger partial charge is 0.341 e. The van der Waals surface area contributed by atoms with Gasteiger partial charge in [0.15, 0.2) is 5.57 Å². The number of fused-ring (bicyclic) bond motifs is 1. The highest BCUT2D eigenvalue weighted by Crippen LogP contribution is 2.39. The fraction of sp³-hybridized carbons (Fsp3) is 0.294. The zero-order chi connectivity index (χ0) is 31.9. The second-order valence-electron chi connectivity index (χ2n) is 10.0. The number of aromatic nitrogens is 1. The molecule has 2 aromatic carbocycles. The number of para-hydroxylation sites is 3. The summed E-state index contributed by atoms with van der Waals surface area (Å²) in [6, 6.07) is 16.4. The highest BCUT2D eigenvalue weighted by molar-refractivity contribution is 7.17. The predicted octanol–water partition coefficient (Wildman–Crippen LogP) is 4.96. The van der Waals surface area contributed by atoms with Gasteiger partial charge in [-0.15, -0.1) is 22.7 Å². The first-order valence-corrected chi connectivity index (χ1v) is 16.5. The van der Waals surface area contributed by atoms with Gasteiger partial charge in [0, 0.05) is 10.4 Å². The Hall–Kier alpha value is -4.66. The lowest BCUT2D eigenvalue weighted by Crippen LogP contribution is -2.32. The monoisotopic (exact) mass is 643 g/mol. The van der Waals surface area contributed by atoms with Gasteiger partial charge in [0.25, 0.3) is 11.5 Å². The average molecular weight is 644 g/mol. The second-order valence-corrected chi connectivity index (χ2v) is 12.1. The van der Waals surface area contributed by atoms with E-state index in [0.717, 1.165) is 41.0 Å². The van der Waals surface area contributed by atoms with Crippen LogP contribution < -0.4 is 29.5 Å². The summed E-state index contributed by atoms with van der Waals surface area (Å²) in [5, 5.41) is 13.6. The Morgan fingerprint density at radius 2 is 1.64 bits per heavy atom. The Bertz CT molecular complexity index is 1960. The Labute approximate surface area is 268 Å². The van der Waals surface area contributed by atoms with Crippen molar-refractivity contribution in [2.75, 3.05) is 25.1 Å². The molecule has 1 amide bonds. The molecule has 5 rings (SSSR count). The number of thiophene rings is 1. The van der Waals surface area contributed by atoms with Crippen molar-refractivity contribution in [1.29, 1.82) is 5.26 Å². The molecule has 1 aliphatic carbocycles. The molecule has 0 unspecified atom stereocenters. The Morgan fingerprint density at radius 3 is 2.38 bits per heavy atom. The quantitative estimate of drug-likeness (QED) is 0.243. The number of nitriles is 1. The number of benzene rings is 2. The lowest BCUT2D eigenvalue weighted by Gasteiger charge is -2.12. The van der Waals surface area contributed by atoms with Crippen LogP contribution in [0.1, 0.15) is 60.0 Å². The molecular weight excluding hydrogens is 611 g/mol. The van der Waals surface area contributed by atoms with Gasteiger partial charge in [-0.05, 0) is 76.3 Å². The molecule has 0 atom stereocenters. The molecule has 2 heterocycles. The molecule has 11 heteroatoms. The summed E-state index contributed by atoms with van der Waals surface area (Å²) in [6.07, 6.45) is 5.14. The van der Waals surface area contributed by atoms with Crippen LogP contribution in [-0.4, -0.2) is 36.3 Å². The van der Waals surface area contributed by atoms with E-state index in [0.29, 0.717) is 57.5 Å². The number of rotatable bonds is 10. The first-order chi connectivity index (χ1) is 21.9. The summed E-state index contributed by atoms with van der Waals surface area (Å²) in [5.41, 5.74) is 1.61. The Balaban J connectivity index is 1.73. The van der Waals surface area contributed by atoms with E-state index in [1.807, 2.05) is 44.2 Å². The predicted molar refractivity (Wildman–Crippen MR) is 176 cm³/mol. The first kappa shape index (κ1) is 31.8. The maximum Gasteiger partial charge on any atom is 0.341 e. The van der Waals surface area contributed by atoms with Crippen molar-refractivity contribution >= 4 is 51.2 Å². The molecule has 4 aromatic rings. The third-order valence-corrected chi connectivity index (χ3v) is 9.47. The van der Waals surface area contributed by atoms with Crippen molar-refractivity contribution in [3.63, 3.8) is 0 Å². The van der Waals surface area contributed by atoms with E-state index < -0.39 is 17.4 Å². The number of hydrogen-bond acceptors (Lipinski definition) is 9. The molecule has 1 N–H and O–H groups in total. The maximum atomic E-state index is 14.1. The van der Waals surface area contributed by atoms with E-state index in [-0.39, 0.29) is 16.8 Å². The Morgan fingerprint density at radius 1 is 0.956 bits per heavy atom. The lowest BCUT2D eigenvalue weighted by atomic mass is 9.95. The van der Waals surface area contributed by atoms with Gasteiger partial charge in [-0.1, -0.05) is 30.3 Å². The minimum Gasteiger partial charge on any atom is -0.493 e. The molecule has 0 bridgehead atoms. The van der Waals surface area contributed by atoms with Gasteiger partial charge in [0.2, 0.25) is 0 Å². The summed E-state index contributed by atoms with van der Waals surface area (Å²) in [6.45, 7) is 6.43. The van der Waals surface area contributed by atoms with E-state index >= 15 is 0 Å². The SMILES string of the molecule is CCOC(=O)c1c(NC(=O)/C(C#N)=c2\s/c(=C\c3ccccc3OCC)c(=O)n2-c2ccccc2OCC)sc2c1CCCC2. The molecule has 232 valence electrons. The summed E-state index contributed by atoms with van der Waals surface area (Å²) in [4.78, 5) is 42.1. The second kappa shape index (κ2) is 14.4. The van der Waals surface area contributed by atoms with Crippen molar-refractivity contribution in [1.82, 2.24) is 4.57 Å². The van der Waals surface area contributed by atoms with Crippen molar-refractivity contribution in [2.45, 2.75) is 46.5 Å². The van der Waals surface area contributed by atoms with Crippen molar-refractivity contribution < 1.29 is 23.8 Å². The summed E-state index contributed by atoms with van der Waals surface area (Å²) in [5.74, 6) is -0.206. The van der Waals surface area contributed by atoms with Crippen molar-refractivity contribution in [3.8, 4) is 23.3 Å². The van der Waals surface area contributed by atoms with Crippen LogP contribution in [-0.2, 0) is 22.4 Å². The van der Waals surface area contributed by atoms with Gasteiger partial charge in [-0.2, -0.15) is 5.26 Å². The van der Waals surface area contributed by atoms with Gasteiger partial charge in [0.1, 0.15) is 27.2 Å². The number of nitrogens with one attached hydrogen (secondary N) is 1. The third kappa shape index (κ3) is 6.57. The molecule has 0 saturated heterocycles. The Kier molecular flexibility index (Phi) is 10.2. The van der Waals surface area contributed by atoms with Crippen LogP contribution in [0.3, 0.4) is 0 Å². The number of aryl methyl sites for hydroxylation is 1. The maximum absolute atomic E-state index is 14.1. The summed E-state index contributed by atoms with van der Waals surface area (Å²) >= 11 is 2.35. The van der Waals surface area contributed by atoms with Crippen LogP contribution in [0.25, 0.3) is 17.3 Å². The number of esters is 1. The number of hydrogen-bond donors (Lipinski definition) is 1. The van der Waals surface area contributed by atoms with Gasteiger partial charge < -0.3 is 19.5 Å². The molecule has 0 saturated carbocycles.